The number of rotatable bonds is 4. The summed E-state index contributed by atoms with van der Waals surface area (Å²) in [5.74, 6) is 1.42. The lowest BCUT2D eigenvalue weighted by Gasteiger charge is -2.17. The van der Waals surface area contributed by atoms with Crippen LogP contribution in [0, 0.1) is 5.92 Å². The zero-order valence-corrected chi connectivity index (χ0v) is 11.5. The number of benzene rings is 1. The van der Waals surface area contributed by atoms with Crippen LogP contribution in [0.4, 0.5) is 0 Å². The van der Waals surface area contributed by atoms with Gasteiger partial charge in [0.05, 0.1) is 0 Å². The molecule has 0 unspecified atom stereocenters. The van der Waals surface area contributed by atoms with Crippen LogP contribution < -0.4 is 4.74 Å². The largest absolute Gasteiger partial charge is 0.486 e. The standard InChI is InChI=1S/C17H22O2/c18-17(14-6-2-3-7-14)12-19-16-10-9-13-5-1-4-8-15(13)11-16/h9-11,14H,1-8,12H2. The van der Waals surface area contributed by atoms with Crippen molar-refractivity contribution >= 4 is 5.78 Å². The molecular weight excluding hydrogens is 236 g/mol. The summed E-state index contributed by atoms with van der Waals surface area (Å²) in [4.78, 5) is 12.0. The van der Waals surface area contributed by atoms with Crippen molar-refractivity contribution in [3.63, 3.8) is 0 Å². The fourth-order valence-electron chi connectivity index (χ4n) is 3.32. The zero-order valence-electron chi connectivity index (χ0n) is 11.5. The number of carbonyl (C=O) groups excluding carboxylic acids is 1. The van der Waals surface area contributed by atoms with E-state index in [-0.39, 0.29) is 18.3 Å². The molecule has 3 rings (SSSR count). The maximum Gasteiger partial charge on any atom is 0.173 e. The van der Waals surface area contributed by atoms with Crippen LogP contribution in [0.2, 0.25) is 0 Å². The number of aryl methyl sites for hydroxylation is 2. The summed E-state index contributed by atoms with van der Waals surface area (Å²) in [7, 11) is 0. The molecular formula is C17H22O2. The summed E-state index contributed by atoms with van der Waals surface area (Å²) in [6.07, 6.45) is 9.45. The first kappa shape index (κ1) is 12.7. The van der Waals surface area contributed by atoms with Crippen molar-refractivity contribution < 1.29 is 9.53 Å². The summed E-state index contributed by atoms with van der Waals surface area (Å²) in [6.45, 7) is 0.253. The Labute approximate surface area is 115 Å². The van der Waals surface area contributed by atoms with Gasteiger partial charge < -0.3 is 4.74 Å². The number of ketones is 1. The molecule has 0 bridgehead atoms. The lowest BCUT2D eigenvalue weighted by atomic mass is 9.92. The maximum atomic E-state index is 12.0. The van der Waals surface area contributed by atoms with Crippen molar-refractivity contribution in [2.75, 3.05) is 6.61 Å². The number of fused-ring (bicyclic) bond motifs is 1. The molecule has 0 atom stereocenters. The third-order valence-corrected chi connectivity index (χ3v) is 4.51. The monoisotopic (exact) mass is 258 g/mol. The first-order valence-corrected chi connectivity index (χ1v) is 7.60. The highest BCUT2D eigenvalue weighted by atomic mass is 16.5. The van der Waals surface area contributed by atoms with Gasteiger partial charge in [-0.3, -0.25) is 4.79 Å². The van der Waals surface area contributed by atoms with Gasteiger partial charge in [-0.2, -0.15) is 0 Å². The van der Waals surface area contributed by atoms with E-state index in [0.717, 1.165) is 25.0 Å². The maximum absolute atomic E-state index is 12.0. The van der Waals surface area contributed by atoms with Crippen LogP contribution in [0.25, 0.3) is 0 Å². The predicted molar refractivity (Wildman–Crippen MR) is 75.5 cm³/mol. The minimum Gasteiger partial charge on any atom is -0.486 e. The Morgan fingerprint density at radius 3 is 2.58 bits per heavy atom. The first-order chi connectivity index (χ1) is 9.33. The average molecular weight is 258 g/mol. The zero-order chi connectivity index (χ0) is 13.1. The molecule has 2 nitrogen and oxygen atoms in total. The van der Waals surface area contributed by atoms with E-state index in [1.54, 1.807) is 0 Å². The molecule has 0 saturated heterocycles. The van der Waals surface area contributed by atoms with Crippen LogP contribution >= 0.6 is 0 Å². The Kier molecular flexibility index (Phi) is 3.86. The lowest BCUT2D eigenvalue weighted by molar-refractivity contribution is -0.124. The molecule has 0 radical (unpaired) electrons. The van der Waals surface area contributed by atoms with Gasteiger partial charge in [0, 0.05) is 5.92 Å². The minimum atomic E-state index is 0.253. The van der Waals surface area contributed by atoms with Crippen LogP contribution in [-0.4, -0.2) is 12.4 Å². The molecule has 0 aliphatic heterocycles. The van der Waals surface area contributed by atoms with E-state index in [1.165, 1.54) is 43.2 Å². The molecule has 0 aromatic heterocycles. The molecule has 2 aliphatic carbocycles. The van der Waals surface area contributed by atoms with E-state index in [1.807, 2.05) is 6.07 Å². The van der Waals surface area contributed by atoms with E-state index >= 15 is 0 Å². The summed E-state index contributed by atoms with van der Waals surface area (Å²) in [6, 6.07) is 6.33. The number of Topliss-reactive ketones (excluding diaryl/α,β-unsaturated/α-hetero) is 1. The van der Waals surface area contributed by atoms with Gasteiger partial charge >= 0.3 is 0 Å². The van der Waals surface area contributed by atoms with Crippen LogP contribution in [-0.2, 0) is 17.6 Å². The third kappa shape index (κ3) is 2.99. The van der Waals surface area contributed by atoms with Crippen molar-refractivity contribution in [2.45, 2.75) is 51.4 Å². The molecule has 1 aromatic rings. The highest BCUT2D eigenvalue weighted by Crippen LogP contribution is 2.27. The molecule has 0 amide bonds. The van der Waals surface area contributed by atoms with Crippen LogP contribution in [0.3, 0.4) is 0 Å². The Hall–Kier alpha value is -1.31. The summed E-state index contributed by atoms with van der Waals surface area (Å²) >= 11 is 0. The Balaban J connectivity index is 1.59. The normalized spacial score (nSPS) is 19.2. The number of hydrogen-bond donors (Lipinski definition) is 0. The summed E-state index contributed by atoms with van der Waals surface area (Å²) < 4.78 is 5.70. The van der Waals surface area contributed by atoms with Crippen LogP contribution in [0.1, 0.15) is 49.7 Å². The van der Waals surface area contributed by atoms with Crippen LogP contribution in [0.5, 0.6) is 5.75 Å². The van der Waals surface area contributed by atoms with Gasteiger partial charge in [0.25, 0.3) is 0 Å². The van der Waals surface area contributed by atoms with E-state index in [9.17, 15) is 4.79 Å². The fraction of sp³-hybridized carbons (Fsp3) is 0.588. The smallest absolute Gasteiger partial charge is 0.173 e. The van der Waals surface area contributed by atoms with Gasteiger partial charge in [-0.15, -0.1) is 0 Å². The Bertz CT molecular complexity index is 458. The molecule has 1 fully saturated rings. The Morgan fingerprint density at radius 1 is 1.05 bits per heavy atom. The quantitative estimate of drug-likeness (QED) is 0.823. The van der Waals surface area contributed by atoms with Gasteiger partial charge in [-0.25, -0.2) is 0 Å². The summed E-state index contributed by atoms with van der Waals surface area (Å²) in [5.41, 5.74) is 2.87. The first-order valence-electron chi connectivity index (χ1n) is 7.60. The second-order valence-electron chi connectivity index (χ2n) is 5.87. The molecule has 0 spiro atoms. The number of hydrogen-bond acceptors (Lipinski definition) is 2. The topological polar surface area (TPSA) is 26.3 Å². The Morgan fingerprint density at radius 2 is 1.79 bits per heavy atom. The molecule has 1 aromatic carbocycles. The second kappa shape index (κ2) is 5.77. The van der Waals surface area contributed by atoms with E-state index in [2.05, 4.69) is 12.1 Å². The van der Waals surface area contributed by atoms with Gasteiger partial charge in [0.2, 0.25) is 0 Å². The second-order valence-corrected chi connectivity index (χ2v) is 5.87. The van der Waals surface area contributed by atoms with E-state index < -0.39 is 0 Å². The van der Waals surface area contributed by atoms with Crippen molar-refractivity contribution in [1.82, 2.24) is 0 Å². The molecule has 102 valence electrons. The van der Waals surface area contributed by atoms with Gasteiger partial charge in [0.15, 0.2) is 5.78 Å². The average Bonchev–Trinajstić information content (AvgIpc) is 2.99. The van der Waals surface area contributed by atoms with E-state index in [4.69, 9.17) is 4.74 Å². The fourth-order valence-corrected chi connectivity index (χ4v) is 3.32. The third-order valence-electron chi connectivity index (χ3n) is 4.51. The number of carbonyl (C=O) groups is 1. The molecule has 1 saturated carbocycles. The van der Waals surface area contributed by atoms with Gasteiger partial charge in [-0.05, 0) is 61.8 Å². The lowest BCUT2D eigenvalue weighted by Crippen LogP contribution is -2.19. The molecule has 19 heavy (non-hydrogen) atoms. The molecule has 2 heteroatoms. The van der Waals surface area contributed by atoms with Crippen molar-refractivity contribution in [3.05, 3.63) is 29.3 Å². The molecule has 2 aliphatic rings. The number of ether oxygens (including phenoxy) is 1. The minimum absolute atomic E-state index is 0.253. The van der Waals surface area contributed by atoms with Gasteiger partial charge in [0.1, 0.15) is 12.4 Å². The highest BCUT2D eigenvalue weighted by molar-refractivity contribution is 5.82. The van der Waals surface area contributed by atoms with E-state index in [0.29, 0.717) is 0 Å². The van der Waals surface area contributed by atoms with Crippen molar-refractivity contribution in [3.8, 4) is 5.75 Å². The van der Waals surface area contributed by atoms with Crippen molar-refractivity contribution in [1.29, 1.82) is 0 Å². The molecule has 0 heterocycles. The SMILES string of the molecule is O=C(COc1ccc2c(c1)CCCC2)C1CCCC1. The van der Waals surface area contributed by atoms with Gasteiger partial charge in [-0.1, -0.05) is 18.9 Å². The predicted octanol–water partition coefficient (Wildman–Crippen LogP) is 3.70. The highest BCUT2D eigenvalue weighted by Gasteiger charge is 2.22. The van der Waals surface area contributed by atoms with Crippen molar-refractivity contribution in [2.24, 2.45) is 5.92 Å². The molecule has 0 N–H and O–H groups in total. The van der Waals surface area contributed by atoms with Crippen LogP contribution in [0.15, 0.2) is 18.2 Å². The summed E-state index contributed by atoms with van der Waals surface area (Å²) in [5, 5.41) is 0.